The zero-order valence-corrected chi connectivity index (χ0v) is 13.6. The van der Waals surface area contributed by atoms with Crippen LogP contribution in [0.3, 0.4) is 0 Å². The summed E-state index contributed by atoms with van der Waals surface area (Å²) in [6.45, 7) is 7.65. The lowest BCUT2D eigenvalue weighted by atomic mass is 10.1. The van der Waals surface area contributed by atoms with Crippen molar-refractivity contribution in [1.82, 2.24) is 15.2 Å². The molecule has 1 aliphatic rings. The summed E-state index contributed by atoms with van der Waals surface area (Å²) in [5.41, 5.74) is 1.11. The predicted molar refractivity (Wildman–Crippen MR) is 86.7 cm³/mol. The number of piperidine rings is 1. The van der Waals surface area contributed by atoms with Gasteiger partial charge in [-0.25, -0.2) is 0 Å². The third-order valence-electron chi connectivity index (χ3n) is 4.13. The first-order valence-electron chi connectivity index (χ1n) is 8.27. The van der Waals surface area contributed by atoms with Crippen molar-refractivity contribution in [3.63, 3.8) is 0 Å². The van der Waals surface area contributed by atoms with Crippen LogP contribution < -0.4 is 10.1 Å². The van der Waals surface area contributed by atoms with Crippen LogP contribution in [0.15, 0.2) is 18.3 Å². The van der Waals surface area contributed by atoms with Crippen LogP contribution in [0, 0.1) is 0 Å². The number of hydrogen-bond donors (Lipinski definition) is 1. The van der Waals surface area contributed by atoms with Crippen molar-refractivity contribution >= 4 is 0 Å². The van der Waals surface area contributed by atoms with Crippen LogP contribution in [-0.2, 0) is 0 Å². The summed E-state index contributed by atoms with van der Waals surface area (Å²) in [7, 11) is 2.17. The molecule has 2 rings (SSSR count). The Morgan fingerprint density at radius 2 is 2.10 bits per heavy atom. The summed E-state index contributed by atoms with van der Waals surface area (Å²) >= 11 is 0. The Hall–Kier alpha value is -1.13. The molecule has 1 unspecified atom stereocenters. The van der Waals surface area contributed by atoms with Gasteiger partial charge < -0.3 is 15.0 Å². The van der Waals surface area contributed by atoms with Crippen LogP contribution >= 0.6 is 0 Å². The summed E-state index contributed by atoms with van der Waals surface area (Å²) in [5.74, 6) is 0.902. The molecule has 0 amide bonds. The summed E-state index contributed by atoms with van der Waals surface area (Å²) in [4.78, 5) is 6.94. The Bertz CT molecular complexity index is 399. The Kier molecular flexibility index (Phi) is 6.46. The second kappa shape index (κ2) is 8.35. The number of ether oxygens (including phenoxy) is 1. The number of pyridine rings is 1. The molecule has 0 aliphatic carbocycles. The van der Waals surface area contributed by atoms with E-state index in [1.54, 1.807) is 0 Å². The lowest BCUT2D eigenvalue weighted by molar-refractivity contribution is 0.114. The van der Waals surface area contributed by atoms with Crippen molar-refractivity contribution in [2.24, 2.45) is 0 Å². The van der Waals surface area contributed by atoms with Gasteiger partial charge in [0.15, 0.2) is 0 Å². The van der Waals surface area contributed by atoms with Gasteiger partial charge in [0.1, 0.15) is 11.9 Å². The van der Waals surface area contributed by atoms with Crippen LogP contribution in [0.2, 0.25) is 0 Å². The Morgan fingerprint density at radius 1 is 1.33 bits per heavy atom. The Morgan fingerprint density at radius 3 is 2.67 bits per heavy atom. The van der Waals surface area contributed by atoms with Crippen LogP contribution in [0.5, 0.6) is 5.75 Å². The van der Waals surface area contributed by atoms with Crippen LogP contribution in [0.25, 0.3) is 0 Å². The number of hydrogen-bond acceptors (Lipinski definition) is 4. The maximum Gasteiger partial charge on any atom is 0.138 e. The van der Waals surface area contributed by atoms with E-state index in [1.165, 1.54) is 0 Å². The molecule has 1 N–H and O–H groups in total. The van der Waals surface area contributed by atoms with Gasteiger partial charge in [0, 0.05) is 19.1 Å². The van der Waals surface area contributed by atoms with Gasteiger partial charge in [-0.1, -0.05) is 13.8 Å². The van der Waals surface area contributed by atoms with Crippen LogP contribution in [0.1, 0.15) is 51.3 Å². The average Bonchev–Trinajstić information content (AvgIpc) is 2.52. The standard InChI is InChI=1S/C17H29N3O/c1-4-10-18-16(5-2)17-7-6-15(13-19-17)21-14-8-11-20(3)12-9-14/h6-7,13-14,16,18H,4-5,8-12H2,1-3H3. The van der Waals surface area contributed by atoms with Crippen molar-refractivity contribution in [2.45, 2.75) is 51.7 Å². The molecule has 21 heavy (non-hydrogen) atoms. The molecule has 1 fully saturated rings. The molecule has 0 bridgehead atoms. The first-order chi connectivity index (χ1) is 10.2. The predicted octanol–water partition coefficient (Wildman–Crippen LogP) is 3.01. The summed E-state index contributed by atoms with van der Waals surface area (Å²) < 4.78 is 6.04. The highest BCUT2D eigenvalue weighted by Crippen LogP contribution is 2.20. The van der Waals surface area contributed by atoms with E-state index in [0.717, 1.165) is 56.8 Å². The molecule has 1 atom stereocenters. The molecule has 1 aromatic heterocycles. The highest BCUT2D eigenvalue weighted by atomic mass is 16.5. The zero-order valence-electron chi connectivity index (χ0n) is 13.6. The third kappa shape index (κ3) is 4.97. The molecule has 4 nitrogen and oxygen atoms in total. The van der Waals surface area contributed by atoms with E-state index >= 15 is 0 Å². The topological polar surface area (TPSA) is 37.4 Å². The SMILES string of the molecule is CCCNC(CC)c1ccc(OC2CCN(C)CC2)cn1. The minimum absolute atomic E-state index is 0.342. The van der Waals surface area contributed by atoms with E-state index in [2.05, 4.69) is 48.2 Å². The van der Waals surface area contributed by atoms with E-state index in [-0.39, 0.29) is 0 Å². The Balaban J connectivity index is 1.88. The number of rotatable bonds is 7. The van der Waals surface area contributed by atoms with Gasteiger partial charge in [-0.2, -0.15) is 0 Å². The van der Waals surface area contributed by atoms with E-state index in [4.69, 9.17) is 4.74 Å². The van der Waals surface area contributed by atoms with Gasteiger partial charge in [-0.15, -0.1) is 0 Å². The average molecular weight is 291 g/mol. The number of likely N-dealkylation sites (tertiary alicyclic amines) is 1. The van der Waals surface area contributed by atoms with Crippen molar-refractivity contribution < 1.29 is 4.74 Å². The number of nitrogens with one attached hydrogen (secondary N) is 1. The fourth-order valence-electron chi connectivity index (χ4n) is 2.74. The van der Waals surface area contributed by atoms with E-state index in [1.807, 2.05) is 6.20 Å². The van der Waals surface area contributed by atoms with Crippen molar-refractivity contribution in [3.8, 4) is 5.75 Å². The molecule has 0 saturated carbocycles. The van der Waals surface area contributed by atoms with Gasteiger partial charge in [-0.3, -0.25) is 4.98 Å². The first kappa shape index (κ1) is 16.2. The highest BCUT2D eigenvalue weighted by Gasteiger charge is 2.18. The normalized spacial score (nSPS) is 18.6. The summed E-state index contributed by atoms with van der Waals surface area (Å²) in [6.07, 6.45) is 6.64. The fourth-order valence-corrected chi connectivity index (χ4v) is 2.74. The van der Waals surface area contributed by atoms with Gasteiger partial charge in [0.25, 0.3) is 0 Å². The fraction of sp³-hybridized carbons (Fsp3) is 0.706. The van der Waals surface area contributed by atoms with E-state index < -0.39 is 0 Å². The highest BCUT2D eigenvalue weighted by molar-refractivity contribution is 5.22. The van der Waals surface area contributed by atoms with Crippen molar-refractivity contribution in [3.05, 3.63) is 24.0 Å². The lowest BCUT2D eigenvalue weighted by Crippen LogP contribution is -2.35. The van der Waals surface area contributed by atoms with Gasteiger partial charge in [-0.05, 0) is 51.4 Å². The zero-order chi connectivity index (χ0) is 15.1. The molecule has 118 valence electrons. The second-order valence-corrected chi connectivity index (χ2v) is 5.95. The maximum absolute atomic E-state index is 6.04. The monoisotopic (exact) mass is 291 g/mol. The van der Waals surface area contributed by atoms with E-state index in [9.17, 15) is 0 Å². The minimum atomic E-state index is 0.342. The molecule has 0 radical (unpaired) electrons. The molecule has 1 aliphatic heterocycles. The van der Waals surface area contributed by atoms with Crippen LogP contribution in [0.4, 0.5) is 0 Å². The van der Waals surface area contributed by atoms with E-state index in [0.29, 0.717) is 12.1 Å². The quantitative estimate of drug-likeness (QED) is 0.838. The lowest BCUT2D eigenvalue weighted by Gasteiger charge is -2.29. The molecule has 0 aromatic carbocycles. The maximum atomic E-state index is 6.04. The summed E-state index contributed by atoms with van der Waals surface area (Å²) in [6, 6.07) is 4.51. The van der Waals surface area contributed by atoms with Gasteiger partial charge >= 0.3 is 0 Å². The smallest absolute Gasteiger partial charge is 0.138 e. The summed E-state index contributed by atoms with van der Waals surface area (Å²) in [5, 5.41) is 3.53. The molecule has 1 aromatic rings. The minimum Gasteiger partial charge on any atom is -0.489 e. The van der Waals surface area contributed by atoms with Crippen LogP contribution in [-0.4, -0.2) is 42.7 Å². The molecular formula is C17H29N3O. The molecule has 2 heterocycles. The Labute approximate surface area is 128 Å². The molecule has 0 spiro atoms. The van der Waals surface area contributed by atoms with Crippen molar-refractivity contribution in [1.29, 1.82) is 0 Å². The first-order valence-corrected chi connectivity index (χ1v) is 8.27. The largest absolute Gasteiger partial charge is 0.489 e. The van der Waals surface area contributed by atoms with Gasteiger partial charge in [0.05, 0.1) is 11.9 Å². The number of aromatic nitrogens is 1. The van der Waals surface area contributed by atoms with Crippen molar-refractivity contribution in [2.75, 3.05) is 26.7 Å². The second-order valence-electron chi connectivity index (χ2n) is 5.95. The molecular weight excluding hydrogens is 262 g/mol. The molecule has 1 saturated heterocycles. The third-order valence-corrected chi connectivity index (χ3v) is 4.13. The number of nitrogens with zero attached hydrogens (tertiary/aromatic N) is 2. The molecule has 4 heteroatoms. The van der Waals surface area contributed by atoms with Gasteiger partial charge in [0.2, 0.25) is 0 Å².